The summed E-state index contributed by atoms with van der Waals surface area (Å²) >= 11 is 0. The molecule has 0 spiro atoms. The minimum Gasteiger partial charge on any atom is -0.487 e. The summed E-state index contributed by atoms with van der Waals surface area (Å²) in [5.74, 6) is -1.14. The van der Waals surface area contributed by atoms with Crippen LogP contribution in [0.3, 0.4) is 0 Å². The zero-order chi connectivity index (χ0) is 14.5. The Kier molecular flexibility index (Phi) is 4.34. The van der Waals surface area contributed by atoms with E-state index in [-0.39, 0.29) is 30.2 Å². The Morgan fingerprint density at radius 3 is 2.95 bits per heavy atom. The summed E-state index contributed by atoms with van der Waals surface area (Å²) in [6.45, 7) is 3.83. The van der Waals surface area contributed by atoms with Crippen LogP contribution in [0.15, 0.2) is 31.0 Å². The van der Waals surface area contributed by atoms with Crippen molar-refractivity contribution in [3.05, 3.63) is 36.7 Å². The Morgan fingerprint density at radius 1 is 1.55 bits per heavy atom. The van der Waals surface area contributed by atoms with E-state index in [4.69, 9.17) is 9.84 Å². The second kappa shape index (κ2) is 6.18. The number of carbonyl (C=O) groups excluding carboxylic acids is 1. The lowest BCUT2D eigenvalue weighted by atomic mass is 9.80. The first kappa shape index (κ1) is 14.0. The van der Waals surface area contributed by atoms with Crippen molar-refractivity contribution >= 4 is 11.9 Å². The van der Waals surface area contributed by atoms with Crippen molar-refractivity contribution < 1.29 is 19.4 Å². The summed E-state index contributed by atoms with van der Waals surface area (Å²) in [6, 6.07) is 3.23. The van der Waals surface area contributed by atoms with Crippen LogP contribution in [0.1, 0.15) is 23.3 Å². The molecule has 0 unspecified atom stereocenters. The molecule has 2 N–H and O–H groups in total. The molecule has 0 bridgehead atoms. The molecule has 20 heavy (non-hydrogen) atoms. The Balaban J connectivity index is 1.96. The number of ether oxygens (including phenoxy) is 1. The molecule has 6 nitrogen and oxygen atoms in total. The maximum atomic E-state index is 12.1. The molecule has 2 rings (SSSR count). The molecule has 106 valence electrons. The van der Waals surface area contributed by atoms with Crippen LogP contribution < -0.4 is 10.1 Å². The van der Waals surface area contributed by atoms with Gasteiger partial charge in [-0.2, -0.15) is 0 Å². The van der Waals surface area contributed by atoms with E-state index in [9.17, 15) is 9.59 Å². The summed E-state index contributed by atoms with van der Waals surface area (Å²) in [4.78, 5) is 26.8. The van der Waals surface area contributed by atoms with Gasteiger partial charge in [0.05, 0.1) is 5.92 Å². The van der Waals surface area contributed by atoms with Crippen LogP contribution in [0.4, 0.5) is 0 Å². The number of hydrogen-bond acceptors (Lipinski definition) is 4. The number of nitrogens with zero attached hydrogens (tertiary/aromatic N) is 1. The lowest BCUT2D eigenvalue weighted by Crippen LogP contribution is -2.46. The van der Waals surface area contributed by atoms with E-state index in [0.29, 0.717) is 18.6 Å². The molecular weight excluding hydrogens is 260 g/mol. The Bertz CT molecular complexity index is 524. The second-order valence-electron chi connectivity index (χ2n) is 4.63. The number of aliphatic carboxylic acids is 1. The summed E-state index contributed by atoms with van der Waals surface area (Å²) in [6.07, 6.45) is 4.00. The van der Waals surface area contributed by atoms with Gasteiger partial charge in [-0.25, -0.2) is 4.98 Å². The first-order valence-electron chi connectivity index (χ1n) is 6.34. The fourth-order valence-electron chi connectivity index (χ4n) is 2.02. The van der Waals surface area contributed by atoms with Crippen molar-refractivity contribution in [2.24, 2.45) is 5.92 Å². The van der Waals surface area contributed by atoms with Gasteiger partial charge in [-0.3, -0.25) is 9.59 Å². The summed E-state index contributed by atoms with van der Waals surface area (Å²) in [5.41, 5.74) is 0.202. The predicted octanol–water partition coefficient (Wildman–Crippen LogP) is 1.24. The minimum atomic E-state index is -0.816. The average Bonchev–Trinajstić information content (AvgIpc) is 2.39. The van der Waals surface area contributed by atoms with E-state index in [2.05, 4.69) is 16.9 Å². The zero-order valence-electron chi connectivity index (χ0n) is 10.9. The van der Waals surface area contributed by atoms with Crippen LogP contribution in [-0.2, 0) is 4.79 Å². The molecule has 1 amide bonds. The van der Waals surface area contributed by atoms with Crippen molar-refractivity contribution in [3.63, 3.8) is 0 Å². The molecule has 0 saturated heterocycles. The van der Waals surface area contributed by atoms with Gasteiger partial charge >= 0.3 is 5.97 Å². The van der Waals surface area contributed by atoms with E-state index in [1.807, 2.05) is 0 Å². The third-order valence-electron chi connectivity index (χ3n) is 3.16. The molecule has 1 aliphatic rings. The summed E-state index contributed by atoms with van der Waals surface area (Å²) < 4.78 is 5.36. The van der Waals surface area contributed by atoms with Crippen molar-refractivity contribution in [2.75, 3.05) is 6.61 Å². The van der Waals surface area contributed by atoms with Gasteiger partial charge in [0.1, 0.15) is 6.61 Å². The number of hydrogen-bond donors (Lipinski definition) is 2. The molecular formula is C14H16N2O4. The van der Waals surface area contributed by atoms with Gasteiger partial charge in [-0.1, -0.05) is 12.7 Å². The molecule has 1 aromatic rings. The Morgan fingerprint density at radius 2 is 2.30 bits per heavy atom. The van der Waals surface area contributed by atoms with Gasteiger partial charge in [0, 0.05) is 12.2 Å². The first-order valence-corrected chi connectivity index (χ1v) is 6.34. The Hall–Kier alpha value is -2.37. The number of rotatable bonds is 6. The topological polar surface area (TPSA) is 88.5 Å². The van der Waals surface area contributed by atoms with Crippen LogP contribution >= 0.6 is 0 Å². The highest BCUT2D eigenvalue weighted by molar-refractivity contribution is 5.95. The normalized spacial score (nSPS) is 20.6. The highest BCUT2D eigenvalue weighted by Gasteiger charge is 2.35. The largest absolute Gasteiger partial charge is 0.487 e. The Labute approximate surface area is 116 Å². The van der Waals surface area contributed by atoms with Crippen LogP contribution in [0.25, 0.3) is 0 Å². The fraction of sp³-hybridized carbons (Fsp3) is 0.357. The van der Waals surface area contributed by atoms with Crippen LogP contribution in [0.2, 0.25) is 0 Å². The molecule has 1 aliphatic carbocycles. The fourth-order valence-corrected chi connectivity index (χ4v) is 2.02. The third-order valence-corrected chi connectivity index (χ3v) is 3.16. The quantitative estimate of drug-likeness (QED) is 0.763. The van der Waals surface area contributed by atoms with E-state index < -0.39 is 5.97 Å². The van der Waals surface area contributed by atoms with Gasteiger partial charge in [0.2, 0.25) is 0 Å². The highest BCUT2D eigenvalue weighted by atomic mass is 16.5. The number of aromatic nitrogens is 1. The van der Waals surface area contributed by atoms with Gasteiger partial charge in [-0.05, 0) is 25.0 Å². The maximum Gasteiger partial charge on any atom is 0.306 e. The first-order chi connectivity index (χ1) is 9.61. The van der Waals surface area contributed by atoms with E-state index in [1.54, 1.807) is 18.2 Å². The maximum absolute atomic E-state index is 12.1. The number of carboxylic acids is 1. The standard InChI is InChI=1S/C14H16N2O4/c1-2-6-20-11-4-3-5-15-12(11)13(17)16-10-7-9(8-10)14(18)19/h2-5,9-10H,1,6-8H2,(H,16,17)(H,18,19). The average molecular weight is 276 g/mol. The van der Waals surface area contributed by atoms with Crippen LogP contribution in [0, 0.1) is 5.92 Å². The summed E-state index contributed by atoms with van der Waals surface area (Å²) in [5, 5.41) is 11.6. The number of amides is 1. The number of carbonyl (C=O) groups is 2. The van der Waals surface area contributed by atoms with Crippen molar-refractivity contribution in [1.29, 1.82) is 0 Å². The molecule has 1 heterocycles. The number of nitrogens with one attached hydrogen (secondary N) is 1. The molecule has 1 aromatic heterocycles. The van der Waals surface area contributed by atoms with Gasteiger partial charge in [0.25, 0.3) is 5.91 Å². The van der Waals surface area contributed by atoms with Gasteiger partial charge in [-0.15, -0.1) is 0 Å². The monoisotopic (exact) mass is 276 g/mol. The molecule has 6 heteroatoms. The van der Waals surface area contributed by atoms with Crippen molar-refractivity contribution in [3.8, 4) is 5.75 Å². The minimum absolute atomic E-state index is 0.113. The van der Waals surface area contributed by atoms with Gasteiger partial charge < -0.3 is 15.2 Å². The number of pyridine rings is 1. The van der Waals surface area contributed by atoms with Crippen molar-refractivity contribution in [1.82, 2.24) is 10.3 Å². The van der Waals surface area contributed by atoms with E-state index >= 15 is 0 Å². The number of carboxylic acid groups (broad SMARTS) is 1. The molecule has 0 radical (unpaired) electrons. The lowest BCUT2D eigenvalue weighted by Gasteiger charge is -2.32. The van der Waals surface area contributed by atoms with Crippen LogP contribution in [-0.4, -0.2) is 34.6 Å². The molecule has 0 atom stereocenters. The molecule has 0 aliphatic heterocycles. The lowest BCUT2D eigenvalue weighted by molar-refractivity contribution is -0.145. The molecule has 0 aromatic carbocycles. The highest BCUT2D eigenvalue weighted by Crippen LogP contribution is 2.28. The predicted molar refractivity (Wildman–Crippen MR) is 71.5 cm³/mol. The smallest absolute Gasteiger partial charge is 0.306 e. The second-order valence-corrected chi connectivity index (χ2v) is 4.63. The molecule has 1 saturated carbocycles. The third kappa shape index (κ3) is 3.14. The van der Waals surface area contributed by atoms with Crippen LogP contribution in [0.5, 0.6) is 5.75 Å². The van der Waals surface area contributed by atoms with Crippen molar-refractivity contribution in [2.45, 2.75) is 18.9 Å². The summed E-state index contributed by atoms with van der Waals surface area (Å²) in [7, 11) is 0. The molecule has 1 fully saturated rings. The van der Waals surface area contributed by atoms with E-state index in [0.717, 1.165) is 0 Å². The van der Waals surface area contributed by atoms with Gasteiger partial charge in [0.15, 0.2) is 11.4 Å². The van der Waals surface area contributed by atoms with E-state index in [1.165, 1.54) is 6.20 Å². The SMILES string of the molecule is C=CCOc1cccnc1C(=O)NC1CC(C(=O)O)C1. The zero-order valence-corrected chi connectivity index (χ0v) is 10.9.